The second-order valence-electron chi connectivity index (χ2n) is 7.90. The Hall–Kier alpha value is -3.62. The number of likely N-dealkylation sites (tertiary alicyclic amines) is 1. The Labute approximate surface area is 184 Å². The summed E-state index contributed by atoms with van der Waals surface area (Å²) < 4.78 is 17.7. The molecule has 1 saturated heterocycles. The van der Waals surface area contributed by atoms with Crippen molar-refractivity contribution < 1.29 is 18.6 Å². The van der Waals surface area contributed by atoms with Crippen molar-refractivity contribution >= 4 is 11.8 Å². The summed E-state index contributed by atoms with van der Waals surface area (Å²) in [6, 6.07) is 9.38. The zero-order valence-electron chi connectivity index (χ0n) is 18.0. The van der Waals surface area contributed by atoms with Gasteiger partial charge < -0.3 is 10.2 Å². The molecule has 4 rings (SSSR count). The molecule has 3 aromatic rings. The topological polar surface area (TPSA) is 101 Å². The number of pyridine rings is 1. The van der Waals surface area contributed by atoms with Crippen LogP contribution in [0.3, 0.4) is 0 Å². The van der Waals surface area contributed by atoms with E-state index in [-0.39, 0.29) is 30.1 Å². The first-order valence-electron chi connectivity index (χ1n) is 10.5. The van der Waals surface area contributed by atoms with Gasteiger partial charge in [-0.15, -0.1) is 0 Å². The molecule has 1 aromatic carbocycles. The fourth-order valence-electron chi connectivity index (χ4n) is 3.91. The van der Waals surface area contributed by atoms with Crippen molar-refractivity contribution in [3.8, 4) is 0 Å². The summed E-state index contributed by atoms with van der Waals surface area (Å²) in [5.74, 6) is -0.617. The lowest BCUT2D eigenvalue weighted by Crippen LogP contribution is -2.32. The number of carbonyl (C=O) groups excluding carboxylic acids is 2. The molecular formula is C23H24FN5O3. The zero-order chi connectivity index (χ0) is 22.7. The van der Waals surface area contributed by atoms with Gasteiger partial charge in [0.05, 0.1) is 29.4 Å². The van der Waals surface area contributed by atoms with Crippen molar-refractivity contribution in [3.63, 3.8) is 0 Å². The van der Waals surface area contributed by atoms with Crippen LogP contribution in [-0.2, 0) is 17.8 Å². The summed E-state index contributed by atoms with van der Waals surface area (Å²) in [7, 11) is 0. The Kier molecular flexibility index (Phi) is 6.25. The Balaban J connectivity index is 1.43. The van der Waals surface area contributed by atoms with E-state index in [1.807, 2.05) is 4.90 Å². The smallest absolute Gasteiger partial charge is 0.253 e. The number of rotatable bonds is 6. The van der Waals surface area contributed by atoms with Gasteiger partial charge in [0.1, 0.15) is 17.2 Å². The number of aromatic nitrogens is 3. The van der Waals surface area contributed by atoms with Gasteiger partial charge in [0.25, 0.3) is 5.91 Å². The van der Waals surface area contributed by atoms with Gasteiger partial charge in [-0.2, -0.15) is 0 Å². The van der Waals surface area contributed by atoms with Gasteiger partial charge in [0.2, 0.25) is 5.91 Å². The van der Waals surface area contributed by atoms with E-state index < -0.39 is 0 Å². The lowest BCUT2D eigenvalue weighted by molar-refractivity contribution is -0.131. The summed E-state index contributed by atoms with van der Waals surface area (Å²) in [6.45, 7) is 4.48. The van der Waals surface area contributed by atoms with Crippen molar-refractivity contribution in [2.75, 3.05) is 6.54 Å². The van der Waals surface area contributed by atoms with Crippen LogP contribution in [0.25, 0.3) is 0 Å². The average molecular weight is 437 g/mol. The number of hydrogen-bond acceptors (Lipinski definition) is 6. The molecule has 1 aliphatic rings. The number of amides is 2. The molecule has 0 radical (unpaired) electrons. The minimum absolute atomic E-state index is 0.0492. The van der Waals surface area contributed by atoms with E-state index in [9.17, 15) is 14.0 Å². The van der Waals surface area contributed by atoms with Crippen molar-refractivity contribution in [2.24, 2.45) is 0 Å². The lowest BCUT2D eigenvalue weighted by Gasteiger charge is -2.24. The maximum atomic E-state index is 13.0. The van der Waals surface area contributed by atoms with Crippen LogP contribution in [0, 0.1) is 19.7 Å². The summed E-state index contributed by atoms with van der Waals surface area (Å²) in [5.41, 5.74) is 3.78. The summed E-state index contributed by atoms with van der Waals surface area (Å²) in [6.07, 6.45) is 1.83. The molecule has 1 aliphatic heterocycles. The SMILES string of the molecule is Cc1nc([C@H]2CCCN2C(=O)Cc2nonc2C)ccc1C(=O)NCc1ccc(F)cc1. The maximum absolute atomic E-state index is 13.0. The number of nitrogens with zero attached hydrogens (tertiary/aromatic N) is 4. The molecule has 8 nitrogen and oxygen atoms in total. The fourth-order valence-corrected chi connectivity index (χ4v) is 3.91. The van der Waals surface area contributed by atoms with Gasteiger partial charge in [0.15, 0.2) is 0 Å². The highest BCUT2D eigenvalue weighted by Gasteiger charge is 2.32. The highest BCUT2D eigenvalue weighted by molar-refractivity contribution is 5.95. The predicted octanol–water partition coefficient (Wildman–Crippen LogP) is 3.06. The highest BCUT2D eigenvalue weighted by atomic mass is 19.1. The Morgan fingerprint density at radius 1 is 1.12 bits per heavy atom. The van der Waals surface area contributed by atoms with Crippen LogP contribution in [0.1, 0.15) is 57.6 Å². The van der Waals surface area contributed by atoms with E-state index in [4.69, 9.17) is 0 Å². The summed E-state index contributed by atoms with van der Waals surface area (Å²) in [4.78, 5) is 31.9. The molecular weight excluding hydrogens is 413 g/mol. The Bertz CT molecular complexity index is 1130. The van der Waals surface area contributed by atoms with Gasteiger partial charge in [-0.25, -0.2) is 9.02 Å². The van der Waals surface area contributed by atoms with Gasteiger partial charge in [-0.05, 0) is 56.5 Å². The quantitative estimate of drug-likeness (QED) is 0.636. The first-order chi connectivity index (χ1) is 15.4. The van der Waals surface area contributed by atoms with Gasteiger partial charge in [-0.3, -0.25) is 14.6 Å². The molecule has 1 N–H and O–H groups in total. The van der Waals surface area contributed by atoms with Crippen LogP contribution in [0.2, 0.25) is 0 Å². The van der Waals surface area contributed by atoms with E-state index in [0.29, 0.717) is 35.7 Å². The standard InChI is InChI=1S/C23H24FN5O3/c1-14-18(23(31)25-13-16-5-7-17(24)8-6-16)9-10-19(26-14)21-4-3-11-29(21)22(30)12-20-15(2)27-32-28-20/h5-10,21H,3-4,11-13H2,1-2H3,(H,25,31)/t21-/m1/s1. The third-order valence-corrected chi connectivity index (χ3v) is 5.70. The molecule has 3 heterocycles. The number of benzene rings is 1. The number of nitrogens with one attached hydrogen (secondary N) is 1. The first kappa shape index (κ1) is 21.6. The number of carbonyl (C=O) groups is 2. The maximum Gasteiger partial charge on any atom is 0.253 e. The van der Waals surface area contributed by atoms with Crippen LogP contribution < -0.4 is 5.32 Å². The van der Waals surface area contributed by atoms with Crippen molar-refractivity contribution in [1.29, 1.82) is 0 Å². The van der Waals surface area contributed by atoms with Crippen molar-refractivity contribution in [2.45, 2.75) is 45.7 Å². The van der Waals surface area contributed by atoms with E-state index >= 15 is 0 Å². The second kappa shape index (κ2) is 9.25. The Morgan fingerprint density at radius 2 is 1.91 bits per heavy atom. The largest absolute Gasteiger partial charge is 0.348 e. The zero-order valence-corrected chi connectivity index (χ0v) is 18.0. The van der Waals surface area contributed by atoms with E-state index in [1.165, 1.54) is 12.1 Å². The third kappa shape index (κ3) is 4.66. The van der Waals surface area contributed by atoms with Gasteiger partial charge in [-0.1, -0.05) is 22.4 Å². The number of halogens is 1. The summed E-state index contributed by atoms with van der Waals surface area (Å²) >= 11 is 0. The summed E-state index contributed by atoms with van der Waals surface area (Å²) in [5, 5.41) is 10.4. The van der Waals surface area contributed by atoms with E-state index in [0.717, 1.165) is 24.1 Å². The fraction of sp³-hybridized carbons (Fsp3) is 0.348. The molecule has 0 bridgehead atoms. The van der Waals surface area contributed by atoms with Crippen LogP contribution >= 0.6 is 0 Å². The molecule has 1 atom stereocenters. The molecule has 0 unspecified atom stereocenters. The molecule has 0 spiro atoms. The average Bonchev–Trinajstić information content (AvgIpc) is 3.42. The van der Waals surface area contributed by atoms with Gasteiger partial charge in [0, 0.05) is 13.1 Å². The minimum Gasteiger partial charge on any atom is -0.348 e. The molecule has 2 aromatic heterocycles. The Morgan fingerprint density at radius 3 is 2.59 bits per heavy atom. The minimum atomic E-state index is -0.317. The normalized spacial score (nSPS) is 15.7. The molecule has 1 fully saturated rings. The molecule has 166 valence electrons. The lowest BCUT2D eigenvalue weighted by atomic mass is 10.1. The van der Waals surface area contributed by atoms with Crippen LogP contribution in [0.15, 0.2) is 41.0 Å². The van der Waals surface area contributed by atoms with Crippen LogP contribution in [-0.4, -0.2) is 38.6 Å². The third-order valence-electron chi connectivity index (χ3n) is 5.70. The van der Waals surface area contributed by atoms with Crippen molar-refractivity contribution in [1.82, 2.24) is 25.5 Å². The van der Waals surface area contributed by atoms with Crippen LogP contribution in [0.5, 0.6) is 0 Å². The molecule has 0 aliphatic carbocycles. The highest BCUT2D eigenvalue weighted by Crippen LogP contribution is 2.32. The molecule has 0 saturated carbocycles. The second-order valence-corrected chi connectivity index (χ2v) is 7.90. The van der Waals surface area contributed by atoms with Crippen molar-refractivity contribution in [3.05, 3.63) is 76.1 Å². The van der Waals surface area contributed by atoms with E-state index in [1.54, 1.807) is 38.1 Å². The predicted molar refractivity (Wildman–Crippen MR) is 113 cm³/mol. The van der Waals surface area contributed by atoms with Gasteiger partial charge >= 0.3 is 0 Å². The van der Waals surface area contributed by atoms with E-state index in [2.05, 4.69) is 25.2 Å². The molecule has 9 heteroatoms. The monoisotopic (exact) mass is 437 g/mol. The molecule has 2 amide bonds. The van der Waals surface area contributed by atoms with Crippen LogP contribution in [0.4, 0.5) is 4.39 Å². The molecule has 32 heavy (non-hydrogen) atoms. The number of aryl methyl sites for hydroxylation is 2. The first-order valence-corrected chi connectivity index (χ1v) is 10.5. The number of hydrogen-bond donors (Lipinski definition) is 1.